The van der Waals surface area contributed by atoms with Crippen LogP contribution in [0.4, 0.5) is 0 Å². The monoisotopic (exact) mass is 371 g/mol. The van der Waals surface area contributed by atoms with E-state index in [9.17, 15) is 14.4 Å². The molecule has 7 nitrogen and oxygen atoms in total. The fourth-order valence-corrected chi connectivity index (χ4v) is 2.11. The predicted molar refractivity (Wildman–Crippen MR) is 68.0 cm³/mol. The number of hydrogen-bond acceptors (Lipinski definition) is 5. The van der Waals surface area contributed by atoms with Crippen LogP contribution in [0.15, 0.2) is 34.9 Å². The summed E-state index contributed by atoms with van der Waals surface area (Å²) in [6.45, 7) is 17.3. The van der Waals surface area contributed by atoms with Crippen LogP contribution in [0.5, 0.6) is 0 Å². The van der Waals surface area contributed by atoms with E-state index in [0.717, 1.165) is 11.4 Å². The van der Waals surface area contributed by atoms with Gasteiger partial charge in [-0.05, 0) is 26.0 Å². The Labute approximate surface area is 215 Å². The smallest absolute Gasteiger partial charge is 0.790 e. The van der Waals surface area contributed by atoms with Crippen LogP contribution in [-0.4, -0.2) is 18.1 Å². The number of nitrogens with zero attached hydrogens (tertiary/aromatic N) is 3. The molecule has 0 unspecified atom stereocenters. The van der Waals surface area contributed by atoms with Crippen molar-refractivity contribution in [2.24, 2.45) is 0 Å². The Morgan fingerprint density at radius 3 is 2.05 bits per heavy atom. The summed E-state index contributed by atoms with van der Waals surface area (Å²) in [4.78, 5) is 28.8. The topological polar surface area (TPSA) is 84.4 Å². The molecule has 1 heterocycles. The van der Waals surface area contributed by atoms with E-state index in [1.807, 2.05) is 0 Å². The van der Waals surface area contributed by atoms with E-state index >= 15 is 0 Å². The first kappa shape index (κ1) is 25.6. The number of rotatable bonds is 4. The van der Waals surface area contributed by atoms with Crippen molar-refractivity contribution in [1.82, 2.24) is 4.90 Å². The van der Waals surface area contributed by atoms with Gasteiger partial charge in [0.2, 0.25) is 0 Å². The second-order valence-corrected chi connectivity index (χ2v) is 5.16. The van der Waals surface area contributed by atoms with Crippen molar-refractivity contribution in [1.29, 1.82) is 0 Å². The van der Waals surface area contributed by atoms with Gasteiger partial charge in [-0.1, -0.05) is 0 Å². The number of phosphoric ester groups is 1. The Hall–Kier alpha value is 1.38. The molecule has 0 aromatic rings. The average molecular weight is 371 g/mol. The molecule has 0 aromatic heterocycles. The minimum atomic E-state index is -4.96. The largest absolute Gasteiger partial charge is 1.00 e. The van der Waals surface area contributed by atoms with Crippen LogP contribution in [0.2, 0.25) is 0 Å². The summed E-state index contributed by atoms with van der Waals surface area (Å²) in [7, 11) is -4.96. The molecule has 1 rings (SSSR count). The molecule has 0 radical (unpaired) electrons. The molecule has 22 heavy (non-hydrogen) atoms. The zero-order valence-electron chi connectivity index (χ0n) is 13.0. The third kappa shape index (κ3) is 8.47. The van der Waals surface area contributed by atoms with Gasteiger partial charge in [0.05, 0.1) is 20.0 Å². The summed E-state index contributed by atoms with van der Waals surface area (Å²) in [5.74, 6) is -0.0248. The van der Waals surface area contributed by atoms with Crippen molar-refractivity contribution in [3.05, 3.63) is 57.8 Å². The third-order valence-corrected chi connectivity index (χ3v) is 3.11. The van der Waals surface area contributed by atoms with Gasteiger partial charge in [-0.2, -0.15) is 9.69 Å². The summed E-state index contributed by atoms with van der Waals surface area (Å²) in [6.07, 6.45) is 3.32. The molecule has 0 amide bonds. The van der Waals surface area contributed by atoms with Gasteiger partial charge < -0.3 is 23.8 Å². The minimum absolute atomic E-state index is 0. The fraction of sp³-hybridized carbons (Fsp3) is 0.333. The van der Waals surface area contributed by atoms with Crippen LogP contribution < -0.4 is 113 Å². The Morgan fingerprint density at radius 1 is 1.23 bits per heavy atom. The van der Waals surface area contributed by atoms with E-state index in [1.165, 1.54) is 0 Å². The standard InChI is InChI=1S/C12H14N3O4P.2K/c1-9-7-11(12(13-3)14-4)8-10(2)15(9)5-6-19-20(16,17)18;;/h7-8H,5-6H2,1-2H3,(H2,16,17,18);;/q;2*+1/p-2. The van der Waals surface area contributed by atoms with Crippen LogP contribution in [0, 0.1) is 13.1 Å². The molecule has 10 heteroatoms. The Bertz CT molecular complexity index is 587. The quantitative estimate of drug-likeness (QED) is 0.281. The Kier molecular flexibility index (Phi) is 13.8. The van der Waals surface area contributed by atoms with Crippen molar-refractivity contribution in [2.45, 2.75) is 13.8 Å². The van der Waals surface area contributed by atoms with Crippen LogP contribution in [0.25, 0.3) is 9.69 Å². The van der Waals surface area contributed by atoms with Crippen molar-refractivity contribution < 1.29 is 122 Å². The van der Waals surface area contributed by atoms with Gasteiger partial charge in [-0.25, -0.2) is 0 Å². The Morgan fingerprint density at radius 2 is 1.68 bits per heavy atom. The van der Waals surface area contributed by atoms with Crippen molar-refractivity contribution in [3.8, 4) is 0 Å². The van der Waals surface area contributed by atoms with E-state index in [4.69, 9.17) is 13.1 Å². The van der Waals surface area contributed by atoms with Crippen molar-refractivity contribution >= 4 is 7.82 Å². The molecule has 0 N–H and O–H groups in total. The summed E-state index contributed by atoms with van der Waals surface area (Å²) in [5, 5.41) is 0. The van der Waals surface area contributed by atoms with E-state index in [1.54, 1.807) is 30.9 Å². The summed E-state index contributed by atoms with van der Waals surface area (Å²) >= 11 is 0. The summed E-state index contributed by atoms with van der Waals surface area (Å²) < 4.78 is 14.6. The van der Waals surface area contributed by atoms with E-state index in [-0.39, 0.29) is 122 Å². The SMILES string of the molecule is [C-]#[N+]C([N+]#[C-])=C1C=C(C)N(CCOP(=O)([O-])[O-])C(C)=C1.[K+].[K+]. The maximum atomic E-state index is 10.4. The number of allylic oxidation sites excluding steroid dienone is 5. The van der Waals surface area contributed by atoms with Gasteiger partial charge in [-0.3, -0.25) is 0 Å². The first-order valence-electron chi connectivity index (χ1n) is 5.58. The maximum Gasteiger partial charge on any atom is 1.00 e. The summed E-state index contributed by atoms with van der Waals surface area (Å²) in [6, 6.07) is 0. The van der Waals surface area contributed by atoms with Gasteiger partial charge in [-0.15, -0.1) is 0 Å². The van der Waals surface area contributed by atoms with Crippen LogP contribution in [-0.2, 0) is 9.09 Å². The third-order valence-electron chi connectivity index (χ3n) is 2.61. The molecular formula is C12H12K2N3O4P. The van der Waals surface area contributed by atoms with Crippen LogP contribution in [0.1, 0.15) is 13.8 Å². The normalized spacial score (nSPS) is 13.7. The molecule has 0 aromatic carbocycles. The van der Waals surface area contributed by atoms with Crippen molar-refractivity contribution in [2.75, 3.05) is 13.2 Å². The van der Waals surface area contributed by atoms with E-state index in [2.05, 4.69) is 14.2 Å². The molecule has 0 fully saturated rings. The summed E-state index contributed by atoms with van der Waals surface area (Å²) in [5.41, 5.74) is 1.99. The van der Waals surface area contributed by atoms with Crippen LogP contribution in [0.3, 0.4) is 0 Å². The van der Waals surface area contributed by atoms with Gasteiger partial charge >= 0.3 is 109 Å². The van der Waals surface area contributed by atoms with E-state index < -0.39 is 7.82 Å². The van der Waals surface area contributed by atoms with Gasteiger partial charge in [0.15, 0.2) is 0 Å². The fourth-order valence-electron chi connectivity index (χ4n) is 1.81. The van der Waals surface area contributed by atoms with Crippen LogP contribution >= 0.6 is 7.82 Å². The maximum absolute atomic E-state index is 10.4. The molecular weight excluding hydrogens is 359 g/mol. The minimum Gasteiger partial charge on any atom is -0.790 e. The predicted octanol–water partition coefficient (Wildman–Crippen LogP) is -4.99. The molecule has 0 aliphatic carbocycles. The molecule has 106 valence electrons. The molecule has 0 spiro atoms. The Balaban J connectivity index is 0. The zero-order chi connectivity index (χ0) is 15.3. The zero-order valence-corrected chi connectivity index (χ0v) is 20.1. The number of hydrogen-bond donors (Lipinski definition) is 0. The second-order valence-electron chi connectivity index (χ2n) is 4.01. The van der Waals surface area contributed by atoms with E-state index in [0.29, 0.717) is 5.57 Å². The average Bonchev–Trinajstić information content (AvgIpc) is 2.33. The molecule has 0 saturated heterocycles. The van der Waals surface area contributed by atoms with Gasteiger partial charge in [0.1, 0.15) is 13.1 Å². The van der Waals surface area contributed by atoms with Crippen molar-refractivity contribution in [3.63, 3.8) is 0 Å². The first-order valence-corrected chi connectivity index (χ1v) is 7.04. The van der Waals surface area contributed by atoms with Gasteiger partial charge in [0, 0.05) is 17.9 Å². The second kappa shape index (κ2) is 11.9. The molecule has 0 saturated carbocycles. The molecule has 1 aliphatic heterocycles. The molecule has 0 bridgehead atoms. The molecule has 0 atom stereocenters. The number of phosphoric acid groups is 1. The molecule has 1 aliphatic rings. The van der Waals surface area contributed by atoms with Gasteiger partial charge in [0.25, 0.3) is 0 Å². The first-order chi connectivity index (χ1) is 9.28.